The van der Waals surface area contributed by atoms with Crippen molar-refractivity contribution < 1.29 is 18.3 Å². The van der Waals surface area contributed by atoms with Gasteiger partial charge in [-0.3, -0.25) is 0 Å². The maximum absolute atomic E-state index is 14.0. The number of nitrogens with one attached hydrogen (secondary N) is 1. The van der Waals surface area contributed by atoms with Crippen LogP contribution in [-0.2, 0) is 10.2 Å². The Morgan fingerprint density at radius 2 is 2.14 bits per heavy atom. The zero-order chi connectivity index (χ0) is 15.6. The van der Waals surface area contributed by atoms with E-state index in [0.29, 0.717) is 18.7 Å². The fourth-order valence-corrected chi connectivity index (χ4v) is 2.62. The van der Waals surface area contributed by atoms with E-state index in [2.05, 4.69) is 5.32 Å². The lowest BCUT2D eigenvalue weighted by Crippen LogP contribution is -2.34. The summed E-state index contributed by atoms with van der Waals surface area (Å²) in [5, 5.41) is 2.69. The summed E-state index contributed by atoms with van der Waals surface area (Å²) < 4.78 is 32.0. The van der Waals surface area contributed by atoms with Crippen LogP contribution in [0.2, 0.25) is 0 Å². The molecule has 21 heavy (non-hydrogen) atoms. The van der Waals surface area contributed by atoms with Crippen LogP contribution in [0.25, 0.3) is 0 Å². The van der Waals surface area contributed by atoms with Crippen LogP contribution in [0.15, 0.2) is 18.2 Å². The SMILES string of the molecule is CC(C)COC(=O)NCC1(c2ccc(F)cc2F)CC1C. The molecule has 2 unspecified atom stereocenters. The first-order valence-corrected chi connectivity index (χ1v) is 7.21. The summed E-state index contributed by atoms with van der Waals surface area (Å²) in [5.41, 5.74) is 0.00908. The molecule has 0 aromatic heterocycles. The molecule has 0 aliphatic heterocycles. The molecule has 1 fully saturated rings. The van der Waals surface area contributed by atoms with E-state index < -0.39 is 23.1 Å². The third kappa shape index (κ3) is 3.52. The number of hydrogen-bond acceptors (Lipinski definition) is 2. The molecular formula is C16H21F2NO2. The van der Waals surface area contributed by atoms with Crippen molar-refractivity contribution in [2.45, 2.75) is 32.6 Å². The maximum Gasteiger partial charge on any atom is 0.407 e. The number of amides is 1. The van der Waals surface area contributed by atoms with E-state index >= 15 is 0 Å². The second-order valence-corrected chi connectivity index (χ2v) is 6.23. The standard InChI is InChI=1S/C16H21F2NO2/c1-10(2)8-21-15(20)19-9-16(7-11(16)3)13-5-4-12(17)6-14(13)18/h4-6,10-11H,7-9H2,1-3H3,(H,19,20). The summed E-state index contributed by atoms with van der Waals surface area (Å²) in [6.45, 7) is 6.54. The predicted molar refractivity (Wildman–Crippen MR) is 76.0 cm³/mol. The Hall–Kier alpha value is -1.65. The normalized spacial score (nSPS) is 24.0. The van der Waals surface area contributed by atoms with E-state index in [-0.39, 0.29) is 11.8 Å². The van der Waals surface area contributed by atoms with E-state index in [4.69, 9.17) is 4.74 Å². The monoisotopic (exact) mass is 297 g/mol. The molecule has 1 aromatic rings. The van der Waals surface area contributed by atoms with Crippen LogP contribution in [0, 0.1) is 23.5 Å². The highest BCUT2D eigenvalue weighted by Crippen LogP contribution is 2.54. The molecule has 1 aliphatic carbocycles. The molecule has 5 heteroatoms. The number of halogens is 2. The highest BCUT2D eigenvalue weighted by Gasteiger charge is 2.53. The Morgan fingerprint density at radius 3 is 2.67 bits per heavy atom. The van der Waals surface area contributed by atoms with E-state index in [9.17, 15) is 13.6 Å². The smallest absolute Gasteiger partial charge is 0.407 e. The first kappa shape index (κ1) is 15.7. The van der Waals surface area contributed by atoms with Gasteiger partial charge >= 0.3 is 6.09 Å². The van der Waals surface area contributed by atoms with Gasteiger partial charge in [-0.25, -0.2) is 13.6 Å². The summed E-state index contributed by atoms with van der Waals surface area (Å²) in [6.07, 6.45) is 0.268. The van der Waals surface area contributed by atoms with Crippen molar-refractivity contribution in [3.63, 3.8) is 0 Å². The molecule has 0 spiro atoms. The average molecular weight is 297 g/mol. The number of carbonyl (C=O) groups excluding carboxylic acids is 1. The predicted octanol–water partition coefficient (Wildman–Crippen LogP) is 3.62. The molecule has 2 rings (SSSR count). The Kier molecular flexibility index (Phi) is 4.49. The van der Waals surface area contributed by atoms with Crippen LogP contribution in [0.5, 0.6) is 0 Å². The van der Waals surface area contributed by atoms with Crippen molar-refractivity contribution in [2.24, 2.45) is 11.8 Å². The lowest BCUT2D eigenvalue weighted by Gasteiger charge is -2.19. The van der Waals surface area contributed by atoms with E-state index in [1.165, 1.54) is 12.1 Å². The highest BCUT2D eigenvalue weighted by atomic mass is 19.1. The first-order valence-electron chi connectivity index (χ1n) is 7.21. The third-order valence-corrected chi connectivity index (χ3v) is 4.02. The first-order chi connectivity index (χ1) is 9.85. The molecule has 1 aliphatic rings. The highest BCUT2D eigenvalue weighted by molar-refractivity contribution is 5.67. The van der Waals surface area contributed by atoms with Gasteiger partial charge in [-0.1, -0.05) is 26.8 Å². The van der Waals surface area contributed by atoms with E-state index in [1.54, 1.807) is 0 Å². The van der Waals surface area contributed by atoms with Gasteiger partial charge in [0.2, 0.25) is 0 Å². The van der Waals surface area contributed by atoms with E-state index in [1.807, 2.05) is 20.8 Å². The number of benzene rings is 1. The van der Waals surface area contributed by atoms with Crippen molar-refractivity contribution in [1.29, 1.82) is 0 Å². The van der Waals surface area contributed by atoms with Crippen LogP contribution in [-0.4, -0.2) is 19.2 Å². The molecule has 0 bridgehead atoms. The van der Waals surface area contributed by atoms with Crippen LogP contribution in [0.4, 0.5) is 13.6 Å². The molecule has 116 valence electrons. The van der Waals surface area contributed by atoms with Crippen molar-refractivity contribution in [1.82, 2.24) is 5.32 Å². The minimum Gasteiger partial charge on any atom is -0.449 e. The molecule has 0 heterocycles. The van der Waals surface area contributed by atoms with Gasteiger partial charge in [-0.2, -0.15) is 0 Å². The van der Waals surface area contributed by atoms with Gasteiger partial charge in [0.1, 0.15) is 11.6 Å². The fraction of sp³-hybridized carbons (Fsp3) is 0.562. The maximum atomic E-state index is 14.0. The lowest BCUT2D eigenvalue weighted by molar-refractivity contribution is 0.132. The van der Waals surface area contributed by atoms with Gasteiger partial charge < -0.3 is 10.1 Å². The molecule has 2 atom stereocenters. The van der Waals surface area contributed by atoms with Crippen molar-refractivity contribution >= 4 is 6.09 Å². The molecule has 3 nitrogen and oxygen atoms in total. The summed E-state index contributed by atoms with van der Waals surface area (Å²) in [7, 11) is 0. The Balaban J connectivity index is 2.01. The Bertz CT molecular complexity index is 533. The zero-order valence-corrected chi connectivity index (χ0v) is 12.6. The summed E-state index contributed by atoms with van der Waals surface area (Å²) >= 11 is 0. The molecule has 0 saturated heterocycles. The van der Waals surface area contributed by atoms with Gasteiger partial charge in [0.25, 0.3) is 0 Å². The quantitative estimate of drug-likeness (QED) is 0.901. The summed E-state index contributed by atoms with van der Waals surface area (Å²) in [6, 6.07) is 3.61. The van der Waals surface area contributed by atoms with Gasteiger partial charge in [0.15, 0.2) is 0 Å². The van der Waals surface area contributed by atoms with Crippen molar-refractivity contribution in [3.05, 3.63) is 35.4 Å². The van der Waals surface area contributed by atoms with Crippen LogP contribution in [0.1, 0.15) is 32.8 Å². The van der Waals surface area contributed by atoms with Gasteiger partial charge in [0.05, 0.1) is 6.61 Å². The third-order valence-electron chi connectivity index (χ3n) is 4.02. The van der Waals surface area contributed by atoms with Gasteiger partial charge in [-0.05, 0) is 29.9 Å². The average Bonchev–Trinajstić information content (AvgIpc) is 3.05. The van der Waals surface area contributed by atoms with Gasteiger partial charge in [0, 0.05) is 18.0 Å². The molecular weight excluding hydrogens is 276 g/mol. The van der Waals surface area contributed by atoms with Crippen LogP contribution >= 0.6 is 0 Å². The molecule has 1 amide bonds. The topological polar surface area (TPSA) is 38.3 Å². The second-order valence-electron chi connectivity index (χ2n) is 6.23. The Labute approximate surface area is 123 Å². The van der Waals surface area contributed by atoms with Crippen LogP contribution < -0.4 is 5.32 Å². The summed E-state index contributed by atoms with van der Waals surface area (Å²) in [4.78, 5) is 11.6. The minimum absolute atomic E-state index is 0.239. The minimum atomic E-state index is -0.594. The number of rotatable bonds is 5. The van der Waals surface area contributed by atoms with E-state index in [0.717, 1.165) is 12.5 Å². The van der Waals surface area contributed by atoms with Crippen molar-refractivity contribution in [3.8, 4) is 0 Å². The number of ether oxygens (including phenoxy) is 1. The molecule has 0 radical (unpaired) electrons. The molecule has 1 saturated carbocycles. The number of alkyl carbamates (subject to hydrolysis) is 1. The van der Waals surface area contributed by atoms with Crippen LogP contribution in [0.3, 0.4) is 0 Å². The largest absolute Gasteiger partial charge is 0.449 e. The Morgan fingerprint density at radius 1 is 1.48 bits per heavy atom. The second kappa shape index (κ2) is 6.00. The van der Waals surface area contributed by atoms with Gasteiger partial charge in [-0.15, -0.1) is 0 Å². The lowest BCUT2D eigenvalue weighted by atomic mass is 9.93. The zero-order valence-electron chi connectivity index (χ0n) is 12.6. The number of hydrogen-bond donors (Lipinski definition) is 1. The fourth-order valence-electron chi connectivity index (χ4n) is 2.62. The summed E-state index contributed by atoms with van der Waals surface area (Å²) in [5.74, 6) is -0.650. The molecule has 1 aromatic carbocycles. The number of carbonyl (C=O) groups is 1. The van der Waals surface area contributed by atoms with Crippen molar-refractivity contribution in [2.75, 3.05) is 13.2 Å². The molecule has 1 N–H and O–H groups in total.